The number of nitrogens with zero attached hydrogens (tertiary/aromatic N) is 1. The number of rotatable bonds is 2. The van der Waals surface area contributed by atoms with Crippen molar-refractivity contribution in [2.24, 2.45) is 4.99 Å². The van der Waals surface area contributed by atoms with Crippen molar-refractivity contribution in [3.8, 4) is 0 Å². The molecule has 1 heterocycles. The van der Waals surface area contributed by atoms with Crippen LogP contribution in [0.3, 0.4) is 0 Å². The standard InChI is InChI=1S/C12H22N2S/c1-3-10-6-9-15-11(13-10)14-12(2)7-4-5-8-12/h10H,3-9H2,1-2H3,(H,13,14). The summed E-state index contributed by atoms with van der Waals surface area (Å²) in [7, 11) is 0. The van der Waals surface area contributed by atoms with E-state index in [1.54, 1.807) is 0 Å². The maximum Gasteiger partial charge on any atom is 0.157 e. The maximum absolute atomic E-state index is 4.78. The average Bonchev–Trinajstić information content (AvgIpc) is 2.65. The highest BCUT2D eigenvalue weighted by atomic mass is 32.2. The Bertz CT molecular complexity index is 244. The van der Waals surface area contributed by atoms with Crippen molar-refractivity contribution in [1.82, 2.24) is 5.32 Å². The Kier molecular flexibility index (Phi) is 3.60. The van der Waals surface area contributed by atoms with Gasteiger partial charge in [-0.25, -0.2) is 0 Å². The van der Waals surface area contributed by atoms with E-state index in [-0.39, 0.29) is 0 Å². The molecular formula is C12H22N2S. The molecule has 0 aromatic heterocycles. The first kappa shape index (κ1) is 11.3. The van der Waals surface area contributed by atoms with Crippen LogP contribution in [-0.4, -0.2) is 22.5 Å². The first-order valence-electron chi connectivity index (χ1n) is 6.21. The third kappa shape index (κ3) is 2.90. The van der Waals surface area contributed by atoms with Crippen LogP contribution in [-0.2, 0) is 0 Å². The van der Waals surface area contributed by atoms with Crippen LogP contribution in [0.25, 0.3) is 0 Å². The molecule has 3 heteroatoms. The molecular weight excluding hydrogens is 204 g/mol. The molecule has 0 radical (unpaired) electrons. The van der Waals surface area contributed by atoms with Crippen molar-refractivity contribution in [3.05, 3.63) is 0 Å². The lowest BCUT2D eigenvalue weighted by molar-refractivity contribution is 0.432. The minimum absolute atomic E-state index is 0.335. The van der Waals surface area contributed by atoms with E-state index in [1.165, 1.54) is 49.4 Å². The fourth-order valence-electron chi connectivity index (χ4n) is 2.46. The SMILES string of the molecule is CCC1CCSC(NC2(C)CCCC2)=N1. The third-order valence-corrected chi connectivity index (χ3v) is 4.50. The molecule has 1 fully saturated rings. The van der Waals surface area contributed by atoms with Gasteiger partial charge in [0.1, 0.15) is 0 Å². The Morgan fingerprint density at radius 1 is 1.47 bits per heavy atom. The summed E-state index contributed by atoms with van der Waals surface area (Å²) in [6, 6.07) is 0.568. The second-order valence-corrected chi connectivity index (χ2v) is 6.11. The zero-order chi connectivity index (χ0) is 10.7. The van der Waals surface area contributed by atoms with Gasteiger partial charge in [-0.3, -0.25) is 4.99 Å². The number of amidine groups is 1. The van der Waals surface area contributed by atoms with Crippen LogP contribution in [0.1, 0.15) is 52.4 Å². The van der Waals surface area contributed by atoms with Gasteiger partial charge in [0.2, 0.25) is 0 Å². The Labute approximate surface area is 97.3 Å². The topological polar surface area (TPSA) is 24.4 Å². The minimum atomic E-state index is 0.335. The van der Waals surface area contributed by atoms with Gasteiger partial charge in [0, 0.05) is 11.3 Å². The normalized spacial score (nSPS) is 30.0. The summed E-state index contributed by atoms with van der Waals surface area (Å²) in [5.74, 6) is 1.24. The van der Waals surface area contributed by atoms with E-state index < -0.39 is 0 Å². The van der Waals surface area contributed by atoms with Crippen molar-refractivity contribution < 1.29 is 0 Å². The molecule has 0 saturated heterocycles. The molecule has 0 aromatic carbocycles. The van der Waals surface area contributed by atoms with Crippen LogP contribution in [0, 0.1) is 0 Å². The van der Waals surface area contributed by atoms with E-state index in [1.807, 2.05) is 11.8 Å². The van der Waals surface area contributed by atoms with Crippen molar-refractivity contribution in [1.29, 1.82) is 0 Å². The molecule has 1 unspecified atom stereocenters. The Morgan fingerprint density at radius 2 is 2.20 bits per heavy atom. The largest absolute Gasteiger partial charge is 0.360 e. The number of hydrogen-bond acceptors (Lipinski definition) is 3. The molecule has 0 amide bonds. The number of nitrogens with one attached hydrogen (secondary N) is 1. The lowest BCUT2D eigenvalue weighted by Gasteiger charge is -2.29. The fraction of sp³-hybridized carbons (Fsp3) is 0.917. The monoisotopic (exact) mass is 226 g/mol. The van der Waals surface area contributed by atoms with E-state index in [2.05, 4.69) is 19.2 Å². The van der Waals surface area contributed by atoms with E-state index in [4.69, 9.17) is 4.99 Å². The van der Waals surface area contributed by atoms with Gasteiger partial charge in [-0.2, -0.15) is 0 Å². The molecule has 1 N–H and O–H groups in total. The summed E-state index contributed by atoms with van der Waals surface area (Å²) in [4.78, 5) is 4.78. The van der Waals surface area contributed by atoms with Crippen molar-refractivity contribution in [3.63, 3.8) is 0 Å². The summed E-state index contributed by atoms with van der Waals surface area (Å²) < 4.78 is 0. The van der Waals surface area contributed by atoms with E-state index in [0.717, 1.165) is 0 Å². The zero-order valence-corrected chi connectivity index (χ0v) is 10.7. The van der Waals surface area contributed by atoms with Gasteiger partial charge in [0.15, 0.2) is 5.17 Å². The van der Waals surface area contributed by atoms with E-state index in [0.29, 0.717) is 11.6 Å². The van der Waals surface area contributed by atoms with Gasteiger partial charge in [-0.05, 0) is 32.6 Å². The first-order valence-corrected chi connectivity index (χ1v) is 7.19. The molecule has 0 aromatic rings. The van der Waals surface area contributed by atoms with Crippen LogP contribution in [0.15, 0.2) is 4.99 Å². The molecule has 1 atom stereocenters. The van der Waals surface area contributed by atoms with Crippen molar-refractivity contribution in [2.75, 3.05) is 5.75 Å². The van der Waals surface area contributed by atoms with Crippen molar-refractivity contribution in [2.45, 2.75) is 64.0 Å². The van der Waals surface area contributed by atoms with Crippen LogP contribution in [0.5, 0.6) is 0 Å². The van der Waals surface area contributed by atoms with Gasteiger partial charge >= 0.3 is 0 Å². The summed E-state index contributed by atoms with van der Waals surface area (Å²) in [6.07, 6.45) is 7.80. The predicted molar refractivity (Wildman–Crippen MR) is 68.6 cm³/mol. The van der Waals surface area contributed by atoms with Crippen LogP contribution >= 0.6 is 11.8 Å². The third-order valence-electron chi connectivity index (χ3n) is 3.58. The van der Waals surface area contributed by atoms with Gasteiger partial charge in [0.05, 0.1) is 6.04 Å². The summed E-state index contributed by atoms with van der Waals surface area (Å²) >= 11 is 1.91. The van der Waals surface area contributed by atoms with Gasteiger partial charge in [-0.15, -0.1) is 0 Å². The minimum Gasteiger partial charge on any atom is -0.360 e. The second kappa shape index (κ2) is 4.77. The lowest BCUT2D eigenvalue weighted by atomic mass is 10.0. The molecule has 1 aliphatic heterocycles. The van der Waals surface area contributed by atoms with Gasteiger partial charge < -0.3 is 5.32 Å². The molecule has 2 aliphatic rings. The van der Waals surface area contributed by atoms with E-state index in [9.17, 15) is 0 Å². The molecule has 0 spiro atoms. The maximum atomic E-state index is 4.78. The zero-order valence-electron chi connectivity index (χ0n) is 9.88. The summed E-state index contributed by atoms with van der Waals surface area (Å²) in [5.41, 5.74) is 0.335. The van der Waals surface area contributed by atoms with Gasteiger partial charge in [0.25, 0.3) is 0 Å². The molecule has 15 heavy (non-hydrogen) atoms. The smallest absolute Gasteiger partial charge is 0.157 e. The second-order valence-electron chi connectivity index (χ2n) is 5.03. The number of thioether (sulfide) groups is 1. The van der Waals surface area contributed by atoms with Crippen LogP contribution in [0.4, 0.5) is 0 Å². The average molecular weight is 226 g/mol. The van der Waals surface area contributed by atoms with Crippen LogP contribution in [0.2, 0.25) is 0 Å². The molecule has 2 rings (SSSR count). The Morgan fingerprint density at radius 3 is 2.87 bits per heavy atom. The molecule has 86 valence electrons. The summed E-state index contributed by atoms with van der Waals surface area (Å²) in [6.45, 7) is 4.58. The highest BCUT2D eigenvalue weighted by Crippen LogP contribution is 2.30. The van der Waals surface area contributed by atoms with Crippen LogP contribution < -0.4 is 5.32 Å². The molecule has 2 nitrogen and oxygen atoms in total. The number of hydrogen-bond donors (Lipinski definition) is 1. The quantitative estimate of drug-likeness (QED) is 0.782. The molecule has 1 aliphatic carbocycles. The first-order chi connectivity index (χ1) is 7.22. The number of aliphatic imine (C=N–C) groups is 1. The van der Waals surface area contributed by atoms with Crippen molar-refractivity contribution >= 4 is 16.9 Å². The highest BCUT2D eigenvalue weighted by molar-refractivity contribution is 8.13. The fourth-order valence-corrected chi connectivity index (χ4v) is 3.59. The lowest BCUT2D eigenvalue weighted by Crippen LogP contribution is -2.43. The van der Waals surface area contributed by atoms with E-state index >= 15 is 0 Å². The van der Waals surface area contributed by atoms with Gasteiger partial charge in [-0.1, -0.05) is 31.5 Å². The Balaban J connectivity index is 1.95. The molecule has 1 saturated carbocycles. The Hall–Kier alpha value is -0.180. The molecule has 0 bridgehead atoms. The predicted octanol–water partition coefficient (Wildman–Crippen LogP) is 3.18. The highest BCUT2D eigenvalue weighted by Gasteiger charge is 2.30. The summed E-state index contributed by atoms with van der Waals surface area (Å²) in [5, 5.41) is 4.88.